The highest BCUT2D eigenvalue weighted by Gasteiger charge is 2.32. The van der Waals surface area contributed by atoms with Crippen LogP contribution >= 0.6 is 0 Å². The number of ether oxygens (including phenoxy) is 2. The Kier molecular flexibility index (Phi) is 8.86. The van der Waals surface area contributed by atoms with Gasteiger partial charge in [0.25, 0.3) is 5.69 Å². The number of hydrogen-bond acceptors (Lipinski definition) is 12. The van der Waals surface area contributed by atoms with E-state index in [0.717, 1.165) is 13.1 Å². The van der Waals surface area contributed by atoms with Gasteiger partial charge in [0.05, 0.1) is 41.2 Å². The van der Waals surface area contributed by atoms with Crippen molar-refractivity contribution in [2.75, 3.05) is 51.3 Å². The lowest BCUT2D eigenvalue weighted by molar-refractivity contribution is -0.385. The number of nitrogens with one attached hydrogen (secondary N) is 1. The van der Waals surface area contributed by atoms with E-state index in [9.17, 15) is 20.2 Å². The summed E-state index contributed by atoms with van der Waals surface area (Å²) in [7, 11) is 0. The predicted octanol–water partition coefficient (Wildman–Crippen LogP) is 3.15. The summed E-state index contributed by atoms with van der Waals surface area (Å²) in [4.78, 5) is 43.6. The highest BCUT2D eigenvalue weighted by molar-refractivity contribution is 5.96. The fraction of sp³-hybridized carbons (Fsp3) is 0.310. The van der Waals surface area contributed by atoms with Crippen LogP contribution in [0.2, 0.25) is 0 Å². The van der Waals surface area contributed by atoms with Crippen molar-refractivity contribution in [2.45, 2.75) is 12.0 Å². The zero-order valence-corrected chi connectivity index (χ0v) is 22.7. The molecular formula is C29H28N8O5. The Bertz CT molecular complexity index is 1520. The van der Waals surface area contributed by atoms with Gasteiger partial charge in [-0.3, -0.25) is 25.0 Å². The van der Waals surface area contributed by atoms with E-state index in [1.807, 2.05) is 12.2 Å². The number of hydrogen-bond donors (Lipinski definition) is 1. The van der Waals surface area contributed by atoms with Gasteiger partial charge in [0.1, 0.15) is 23.9 Å². The molecule has 13 nitrogen and oxygen atoms in total. The lowest BCUT2D eigenvalue weighted by Crippen LogP contribution is -2.38. The maximum Gasteiger partial charge on any atom is 0.341 e. The largest absolute Gasteiger partial charge is 0.461 e. The van der Waals surface area contributed by atoms with Gasteiger partial charge in [0.15, 0.2) is 0 Å². The van der Waals surface area contributed by atoms with E-state index >= 15 is 0 Å². The van der Waals surface area contributed by atoms with Gasteiger partial charge in [-0.2, -0.15) is 5.26 Å². The molecule has 0 radical (unpaired) electrons. The normalized spacial score (nSPS) is 18.0. The molecule has 1 aromatic carbocycles. The molecule has 1 N–H and O–H groups in total. The number of aromatic nitrogens is 3. The number of morpholine rings is 1. The van der Waals surface area contributed by atoms with E-state index in [0.29, 0.717) is 55.2 Å². The van der Waals surface area contributed by atoms with Crippen LogP contribution < -0.4 is 5.32 Å². The minimum atomic E-state index is -0.789. The molecule has 2 aliphatic heterocycles. The van der Waals surface area contributed by atoms with Crippen molar-refractivity contribution in [1.82, 2.24) is 19.9 Å². The van der Waals surface area contributed by atoms with Gasteiger partial charge < -0.3 is 14.8 Å². The van der Waals surface area contributed by atoms with Crippen molar-refractivity contribution in [3.05, 3.63) is 87.9 Å². The molecule has 2 aromatic heterocycles. The monoisotopic (exact) mass is 568 g/mol. The second-order valence-corrected chi connectivity index (χ2v) is 9.63. The minimum absolute atomic E-state index is 0.0959. The van der Waals surface area contributed by atoms with Gasteiger partial charge in [0.2, 0.25) is 5.95 Å². The Labute approximate surface area is 241 Å². The van der Waals surface area contributed by atoms with Crippen LogP contribution in [0, 0.1) is 21.4 Å². The molecule has 0 spiro atoms. The third-order valence-corrected chi connectivity index (χ3v) is 6.99. The standard InChI is InChI=1S/C29H28N8O5/c30-18-21-2-4-22(5-3-21)26-24(27(38)42-17-14-36-12-15-41-16-13-36)20-33-28(35-26)31-11-9-29(8-1-10-34-29)25-7-6-23(19-32-25)37(39)40/h1-8,10,19-20H,9,11-17H2,(H,31,33,35). The Morgan fingerprint density at radius 2 is 1.98 bits per heavy atom. The molecule has 1 fully saturated rings. The van der Waals surface area contributed by atoms with Crippen LogP contribution in [0.1, 0.15) is 28.0 Å². The van der Waals surface area contributed by atoms with Gasteiger partial charge in [-0.05, 0) is 36.8 Å². The predicted molar refractivity (Wildman–Crippen MR) is 153 cm³/mol. The van der Waals surface area contributed by atoms with E-state index in [1.54, 1.807) is 36.5 Å². The highest BCUT2D eigenvalue weighted by atomic mass is 16.6. The fourth-order valence-corrected chi connectivity index (χ4v) is 4.67. The van der Waals surface area contributed by atoms with Crippen LogP contribution in [-0.4, -0.2) is 83.0 Å². The summed E-state index contributed by atoms with van der Waals surface area (Å²) >= 11 is 0. The number of aliphatic imine (C=N–C) groups is 1. The molecule has 2 aliphatic rings. The van der Waals surface area contributed by atoms with Crippen molar-refractivity contribution >= 4 is 23.8 Å². The van der Waals surface area contributed by atoms with Crippen LogP contribution in [0.4, 0.5) is 11.6 Å². The molecule has 1 saturated heterocycles. The topological polar surface area (TPSA) is 169 Å². The molecule has 3 aromatic rings. The summed E-state index contributed by atoms with van der Waals surface area (Å²) < 4.78 is 10.9. The molecule has 4 heterocycles. The maximum absolute atomic E-state index is 13.1. The first-order valence-electron chi connectivity index (χ1n) is 13.4. The smallest absolute Gasteiger partial charge is 0.341 e. The molecule has 42 heavy (non-hydrogen) atoms. The van der Waals surface area contributed by atoms with Gasteiger partial charge in [-0.1, -0.05) is 12.1 Å². The molecule has 214 valence electrons. The Morgan fingerprint density at radius 1 is 1.17 bits per heavy atom. The lowest BCUT2D eigenvalue weighted by Gasteiger charge is -2.26. The van der Waals surface area contributed by atoms with Crippen LogP contribution in [0.25, 0.3) is 11.3 Å². The Morgan fingerprint density at radius 3 is 2.64 bits per heavy atom. The van der Waals surface area contributed by atoms with E-state index in [-0.39, 0.29) is 23.8 Å². The number of nitriles is 1. The molecule has 1 unspecified atom stereocenters. The zero-order valence-electron chi connectivity index (χ0n) is 22.7. The average Bonchev–Trinajstić information content (AvgIpc) is 3.51. The van der Waals surface area contributed by atoms with Gasteiger partial charge >= 0.3 is 5.97 Å². The molecule has 0 saturated carbocycles. The number of pyridine rings is 1. The highest BCUT2D eigenvalue weighted by Crippen LogP contribution is 2.33. The first kappa shape index (κ1) is 28.5. The lowest BCUT2D eigenvalue weighted by atomic mass is 9.92. The van der Waals surface area contributed by atoms with Crippen molar-refractivity contribution in [2.24, 2.45) is 4.99 Å². The SMILES string of the molecule is N#Cc1ccc(-c2nc(NCCC3(c4ccc([N+](=O)[O-])cn4)C=CC=N3)ncc2C(=O)OCCN2CCOCC2)cc1. The second kappa shape index (κ2) is 13.1. The maximum atomic E-state index is 13.1. The summed E-state index contributed by atoms with van der Waals surface area (Å²) in [5.41, 5.74) is 1.39. The zero-order chi connectivity index (χ0) is 29.4. The number of nitrogens with zero attached hydrogens (tertiary/aromatic N) is 7. The first-order chi connectivity index (χ1) is 20.5. The third kappa shape index (κ3) is 6.63. The number of nitro groups is 1. The van der Waals surface area contributed by atoms with Crippen molar-refractivity contribution in [1.29, 1.82) is 5.26 Å². The van der Waals surface area contributed by atoms with E-state index in [4.69, 9.17) is 9.47 Å². The van der Waals surface area contributed by atoms with Crippen molar-refractivity contribution < 1.29 is 19.2 Å². The Hall–Kier alpha value is -5.06. The third-order valence-electron chi connectivity index (χ3n) is 6.99. The van der Waals surface area contributed by atoms with Gasteiger partial charge in [-0.25, -0.2) is 14.8 Å². The summed E-state index contributed by atoms with van der Waals surface area (Å²) in [5.74, 6) is -0.250. The molecule has 13 heteroatoms. The number of benzene rings is 1. The van der Waals surface area contributed by atoms with Crippen molar-refractivity contribution in [3.63, 3.8) is 0 Å². The van der Waals surface area contributed by atoms with E-state index < -0.39 is 16.4 Å². The summed E-state index contributed by atoms with van der Waals surface area (Å²) in [6.07, 6.45) is 8.48. The summed E-state index contributed by atoms with van der Waals surface area (Å²) in [5, 5.41) is 23.4. The molecular weight excluding hydrogens is 540 g/mol. The molecule has 1 atom stereocenters. The number of rotatable bonds is 11. The molecule has 0 aliphatic carbocycles. The summed E-state index contributed by atoms with van der Waals surface area (Å²) in [6, 6.07) is 11.9. The summed E-state index contributed by atoms with van der Waals surface area (Å²) in [6.45, 7) is 4.11. The van der Waals surface area contributed by atoms with E-state index in [2.05, 4.69) is 36.2 Å². The van der Waals surface area contributed by atoms with Crippen LogP contribution in [0.5, 0.6) is 0 Å². The Balaban J connectivity index is 1.31. The van der Waals surface area contributed by atoms with Crippen LogP contribution in [-0.2, 0) is 15.0 Å². The second-order valence-electron chi connectivity index (χ2n) is 9.63. The minimum Gasteiger partial charge on any atom is -0.461 e. The number of carbonyl (C=O) groups excluding carboxylic acids is 1. The number of carbonyl (C=O) groups is 1. The number of allylic oxidation sites excluding steroid dienone is 1. The first-order valence-corrected chi connectivity index (χ1v) is 13.4. The quantitative estimate of drug-likeness (QED) is 0.205. The fourth-order valence-electron chi connectivity index (χ4n) is 4.67. The van der Waals surface area contributed by atoms with Crippen LogP contribution in [0.15, 0.2) is 65.9 Å². The van der Waals surface area contributed by atoms with Crippen LogP contribution in [0.3, 0.4) is 0 Å². The van der Waals surface area contributed by atoms with Crippen molar-refractivity contribution in [3.8, 4) is 17.3 Å². The van der Waals surface area contributed by atoms with Gasteiger partial charge in [-0.15, -0.1) is 0 Å². The number of anilines is 1. The molecule has 0 amide bonds. The average molecular weight is 569 g/mol. The van der Waals surface area contributed by atoms with E-state index in [1.165, 1.54) is 18.5 Å². The number of esters is 1. The molecule has 0 bridgehead atoms. The molecule has 5 rings (SSSR count). The van der Waals surface area contributed by atoms with Gasteiger partial charge in [0, 0.05) is 50.2 Å².